The van der Waals surface area contributed by atoms with Gasteiger partial charge in [0.15, 0.2) is 0 Å². The predicted molar refractivity (Wildman–Crippen MR) is 57.5 cm³/mol. The standard InChI is InChI=1S/C11H19NO3/c1-2-3-7-15-11(14)12-6-4-5-10(8-12)9-13/h4-5,10,13H,2-3,6-9H2,1H3. The number of hydrogen-bond donors (Lipinski definition) is 1. The van der Waals surface area contributed by atoms with Crippen LogP contribution in [0.3, 0.4) is 0 Å². The van der Waals surface area contributed by atoms with E-state index in [1.807, 2.05) is 12.2 Å². The molecule has 1 atom stereocenters. The summed E-state index contributed by atoms with van der Waals surface area (Å²) in [5, 5.41) is 8.97. The number of nitrogens with zero attached hydrogens (tertiary/aromatic N) is 1. The predicted octanol–water partition coefficient (Wildman–Crippen LogP) is 1.40. The highest BCUT2D eigenvalue weighted by molar-refractivity contribution is 5.68. The summed E-state index contributed by atoms with van der Waals surface area (Å²) >= 11 is 0. The van der Waals surface area contributed by atoms with Crippen molar-refractivity contribution in [2.75, 3.05) is 26.3 Å². The Labute approximate surface area is 90.5 Å². The quantitative estimate of drug-likeness (QED) is 0.567. The lowest BCUT2D eigenvalue weighted by Gasteiger charge is -2.27. The molecule has 15 heavy (non-hydrogen) atoms. The third-order valence-electron chi connectivity index (χ3n) is 2.41. The van der Waals surface area contributed by atoms with Gasteiger partial charge in [-0.15, -0.1) is 0 Å². The molecule has 0 aromatic carbocycles. The van der Waals surface area contributed by atoms with Crippen molar-refractivity contribution in [3.63, 3.8) is 0 Å². The van der Waals surface area contributed by atoms with Crippen molar-refractivity contribution >= 4 is 6.09 Å². The molecule has 1 rings (SSSR count). The van der Waals surface area contributed by atoms with Crippen molar-refractivity contribution in [3.8, 4) is 0 Å². The van der Waals surface area contributed by atoms with Gasteiger partial charge in [-0.1, -0.05) is 25.5 Å². The summed E-state index contributed by atoms with van der Waals surface area (Å²) in [5.41, 5.74) is 0. The van der Waals surface area contributed by atoms with Crippen molar-refractivity contribution in [1.29, 1.82) is 0 Å². The molecule has 1 N–H and O–H groups in total. The van der Waals surface area contributed by atoms with Gasteiger partial charge >= 0.3 is 6.09 Å². The average Bonchev–Trinajstić information content (AvgIpc) is 2.29. The molecule has 0 spiro atoms. The zero-order chi connectivity index (χ0) is 11.1. The van der Waals surface area contributed by atoms with Gasteiger partial charge in [0, 0.05) is 19.0 Å². The summed E-state index contributed by atoms with van der Waals surface area (Å²) in [6, 6.07) is 0. The molecule has 0 saturated carbocycles. The van der Waals surface area contributed by atoms with Gasteiger partial charge in [0.2, 0.25) is 0 Å². The third-order valence-corrected chi connectivity index (χ3v) is 2.41. The molecule has 0 saturated heterocycles. The van der Waals surface area contributed by atoms with E-state index in [2.05, 4.69) is 6.92 Å². The summed E-state index contributed by atoms with van der Waals surface area (Å²) < 4.78 is 5.09. The van der Waals surface area contributed by atoms with E-state index in [9.17, 15) is 4.79 Å². The lowest BCUT2D eigenvalue weighted by Crippen LogP contribution is -2.39. The van der Waals surface area contributed by atoms with Crippen molar-refractivity contribution in [1.82, 2.24) is 4.90 Å². The van der Waals surface area contributed by atoms with Gasteiger partial charge < -0.3 is 14.7 Å². The van der Waals surface area contributed by atoms with E-state index in [0.717, 1.165) is 12.8 Å². The molecule has 0 fully saturated rings. The Morgan fingerprint density at radius 2 is 2.47 bits per heavy atom. The molecule has 4 nitrogen and oxygen atoms in total. The first-order chi connectivity index (χ1) is 7.27. The number of rotatable bonds is 4. The first-order valence-corrected chi connectivity index (χ1v) is 5.47. The number of aliphatic hydroxyl groups is 1. The number of unbranched alkanes of at least 4 members (excludes halogenated alkanes) is 1. The van der Waals surface area contributed by atoms with E-state index in [0.29, 0.717) is 19.7 Å². The lowest BCUT2D eigenvalue weighted by molar-refractivity contribution is 0.0944. The zero-order valence-electron chi connectivity index (χ0n) is 9.19. The highest BCUT2D eigenvalue weighted by Gasteiger charge is 2.20. The number of hydrogen-bond acceptors (Lipinski definition) is 3. The van der Waals surface area contributed by atoms with Gasteiger partial charge in [0.1, 0.15) is 0 Å². The number of amides is 1. The molecule has 86 valence electrons. The van der Waals surface area contributed by atoms with E-state index in [4.69, 9.17) is 9.84 Å². The second-order valence-electron chi connectivity index (χ2n) is 3.74. The SMILES string of the molecule is CCCCOC(=O)N1CC=CC(CO)C1. The minimum absolute atomic E-state index is 0.0532. The van der Waals surface area contributed by atoms with Crippen LogP contribution in [-0.4, -0.2) is 42.4 Å². The normalized spacial score (nSPS) is 20.4. The smallest absolute Gasteiger partial charge is 0.410 e. The van der Waals surface area contributed by atoms with Gasteiger partial charge in [0.05, 0.1) is 13.2 Å². The second kappa shape index (κ2) is 6.45. The largest absolute Gasteiger partial charge is 0.449 e. The Bertz CT molecular complexity index is 228. The molecular formula is C11H19NO3. The zero-order valence-corrected chi connectivity index (χ0v) is 9.19. The summed E-state index contributed by atoms with van der Waals surface area (Å²) in [7, 11) is 0. The monoisotopic (exact) mass is 213 g/mol. The summed E-state index contributed by atoms with van der Waals surface area (Å²) in [6.45, 7) is 3.76. The minimum Gasteiger partial charge on any atom is -0.449 e. The first kappa shape index (κ1) is 12.0. The highest BCUT2D eigenvalue weighted by Crippen LogP contribution is 2.10. The Kier molecular flexibility index (Phi) is 5.18. The van der Waals surface area contributed by atoms with E-state index >= 15 is 0 Å². The maximum absolute atomic E-state index is 11.5. The molecule has 0 aliphatic carbocycles. The van der Waals surface area contributed by atoms with E-state index < -0.39 is 0 Å². The molecule has 1 aliphatic heterocycles. The van der Waals surface area contributed by atoms with Gasteiger partial charge in [-0.05, 0) is 6.42 Å². The summed E-state index contributed by atoms with van der Waals surface area (Å²) in [6.07, 6.45) is 5.48. The van der Waals surface area contributed by atoms with Crippen molar-refractivity contribution in [2.24, 2.45) is 5.92 Å². The Hall–Kier alpha value is -1.03. The lowest BCUT2D eigenvalue weighted by atomic mass is 10.1. The van der Waals surface area contributed by atoms with Crippen LogP contribution in [0.5, 0.6) is 0 Å². The van der Waals surface area contributed by atoms with Crippen LogP contribution in [0.15, 0.2) is 12.2 Å². The molecule has 1 aliphatic rings. The summed E-state index contributed by atoms with van der Waals surface area (Å²) in [4.78, 5) is 13.1. The van der Waals surface area contributed by atoms with Crippen LogP contribution in [0, 0.1) is 5.92 Å². The number of carbonyl (C=O) groups excluding carboxylic acids is 1. The fraction of sp³-hybridized carbons (Fsp3) is 0.727. The Morgan fingerprint density at radius 3 is 3.13 bits per heavy atom. The number of ether oxygens (including phenoxy) is 1. The van der Waals surface area contributed by atoms with Crippen LogP contribution < -0.4 is 0 Å². The Morgan fingerprint density at radius 1 is 1.67 bits per heavy atom. The molecular weight excluding hydrogens is 194 g/mol. The van der Waals surface area contributed by atoms with Gasteiger partial charge in [-0.3, -0.25) is 0 Å². The second-order valence-corrected chi connectivity index (χ2v) is 3.74. The van der Waals surface area contributed by atoms with Gasteiger partial charge in [-0.25, -0.2) is 4.79 Å². The molecule has 1 unspecified atom stereocenters. The highest BCUT2D eigenvalue weighted by atomic mass is 16.6. The minimum atomic E-state index is -0.272. The Balaban J connectivity index is 2.30. The van der Waals surface area contributed by atoms with Crippen LogP contribution >= 0.6 is 0 Å². The maximum atomic E-state index is 11.5. The van der Waals surface area contributed by atoms with Crippen LogP contribution in [-0.2, 0) is 4.74 Å². The molecule has 1 heterocycles. The van der Waals surface area contributed by atoms with E-state index in [1.165, 1.54) is 0 Å². The maximum Gasteiger partial charge on any atom is 0.410 e. The third kappa shape index (κ3) is 3.91. The van der Waals surface area contributed by atoms with Crippen molar-refractivity contribution < 1.29 is 14.6 Å². The average molecular weight is 213 g/mol. The first-order valence-electron chi connectivity index (χ1n) is 5.47. The van der Waals surface area contributed by atoms with E-state index in [1.54, 1.807) is 4.90 Å². The fourth-order valence-electron chi connectivity index (χ4n) is 1.46. The number of carbonyl (C=O) groups is 1. The summed E-state index contributed by atoms with van der Waals surface area (Å²) in [5.74, 6) is 0.0532. The molecule has 0 radical (unpaired) electrons. The molecule has 0 aromatic heterocycles. The molecule has 0 bridgehead atoms. The fourth-order valence-corrected chi connectivity index (χ4v) is 1.46. The molecule has 1 amide bonds. The van der Waals surface area contributed by atoms with Crippen molar-refractivity contribution in [2.45, 2.75) is 19.8 Å². The van der Waals surface area contributed by atoms with Gasteiger partial charge in [0.25, 0.3) is 0 Å². The van der Waals surface area contributed by atoms with E-state index in [-0.39, 0.29) is 18.6 Å². The molecule has 0 aromatic rings. The van der Waals surface area contributed by atoms with Crippen LogP contribution in [0.2, 0.25) is 0 Å². The topological polar surface area (TPSA) is 49.8 Å². The van der Waals surface area contributed by atoms with Crippen LogP contribution in [0.1, 0.15) is 19.8 Å². The van der Waals surface area contributed by atoms with Crippen LogP contribution in [0.4, 0.5) is 4.79 Å². The number of aliphatic hydroxyl groups excluding tert-OH is 1. The van der Waals surface area contributed by atoms with Crippen molar-refractivity contribution in [3.05, 3.63) is 12.2 Å². The van der Waals surface area contributed by atoms with Crippen LogP contribution in [0.25, 0.3) is 0 Å². The molecule has 4 heteroatoms. The van der Waals surface area contributed by atoms with Gasteiger partial charge in [-0.2, -0.15) is 0 Å².